The van der Waals surface area contributed by atoms with Gasteiger partial charge in [0.15, 0.2) is 11.4 Å². The van der Waals surface area contributed by atoms with Crippen LogP contribution in [0.1, 0.15) is 12.5 Å². The number of nitrogens with one attached hydrogen (secondary N) is 1. The maximum atomic E-state index is 14.3. The molecule has 2 N–H and O–H groups in total. The number of phenolic OH excluding ortho intramolecular Hbond substituents is 1. The fourth-order valence-electron chi connectivity index (χ4n) is 2.15. The normalized spacial score (nSPS) is 10.8. The minimum absolute atomic E-state index is 0.00467. The lowest BCUT2D eigenvalue weighted by Crippen LogP contribution is -1.99. The molecule has 1 heterocycles. The van der Waals surface area contributed by atoms with Crippen molar-refractivity contribution in [1.82, 2.24) is 4.98 Å². The van der Waals surface area contributed by atoms with Crippen LogP contribution in [0.4, 0.5) is 16.1 Å². The van der Waals surface area contributed by atoms with Gasteiger partial charge in [-0.25, -0.2) is 4.39 Å². The van der Waals surface area contributed by atoms with Crippen LogP contribution in [0, 0.1) is 5.82 Å². The van der Waals surface area contributed by atoms with E-state index in [1.807, 2.05) is 0 Å². The van der Waals surface area contributed by atoms with Crippen LogP contribution in [0.3, 0.4) is 0 Å². The number of carbonyl (C=O) groups is 1. The third kappa shape index (κ3) is 2.63. The zero-order valence-corrected chi connectivity index (χ0v) is 11.8. The Bertz CT molecular complexity index is 858. The van der Waals surface area contributed by atoms with Crippen LogP contribution < -0.4 is 5.32 Å². The molecule has 0 saturated heterocycles. The van der Waals surface area contributed by atoms with Crippen LogP contribution in [-0.4, -0.2) is 15.9 Å². The molecular weight excluding hydrogens is 287 g/mol. The average Bonchev–Trinajstić information content (AvgIpc) is 2.88. The maximum Gasteiger partial charge on any atom is 0.300 e. The van der Waals surface area contributed by atoms with E-state index in [-0.39, 0.29) is 35.1 Å². The average molecular weight is 300 g/mol. The highest BCUT2D eigenvalue weighted by Crippen LogP contribution is 2.29. The highest BCUT2D eigenvalue weighted by molar-refractivity contribution is 5.82. The summed E-state index contributed by atoms with van der Waals surface area (Å²) in [4.78, 5) is 15.2. The Labute approximate surface area is 125 Å². The molecule has 0 aliphatic carbocycles. The zero-order chi connectivity index (χ0) is 15.7. The van der Waals surface area contributed by atoms with Gasteiger partial charge in [-0.1, -0.05) is 18.2 Å². The zero-order valence-electron chi connectivity index (χ0n) is 11.8. The second-order valence-corrected chi connectivity index (χ2v) is 4.93. The molecule has 0 saturated carbocycles. The first-order valence-electron chi connectivity index (χ1n) is 6.67. The summed E-state index contributed by atoms with van der Waals surface area (Å²) < 4.78 is 19.7. The fraction of sp³-hybridized carbons (Fsp3) is 0.125. The molecule has 0 unspecified atom stereocenters. The van der Waals surface area contributed by atoms with Gasteiger partial charge in [-0.2, -0.15) is 4.98 Å². The van der Waals surface area contributed by atoms with Crippen LogP contribution in [0.25, 0.3) is 11.1 Å². The number of anilines is 2. The molecule has 6 heteroatoms. The number of halogens is 1. The number of aromatic nitrogens is 1. The standard InChI is InChI=1S/C16H13FN2O3/c1-9(20)8-10-6-7-12-15(14(10)17)22-16(19-12)18-11-4-2-3-5-13(11)21/h2-7,21H,8H2,1H3,(H,18,19). The number of phenols is 1. The van der Waals surface area contributed by atoms with Gasteiger partial charge in [0.2, 0.25) is 0 Å². The van der Waals surface area contributed by atoms with Crippen molar-refractivity contribution < 1.29 is 18.7 Å². The highest BCUT2D eigenvalue weighted by Gasteiger charge is 2.15. The molecule has 0 spiro atoms. The van der Waals surface area contributed by atoms with Crippen molar-refractivity contribution in [2.45, 2.75) is 13.3 Å². The predicted molar refractivity (Wildman–Crippen MR) is 79.7 cm³/mol. The number of nitrogens with zero attached hydrogens (tertiary/aromatic N) is 1. The number of benzene rings is 2. The number of fused-ring (bicyclic) bond motifs is 1. The second-order valence-electron chi connectivity index (χ2n) is 4.93. The number of carbonyl (C=O) groups excluding carboxylic acids is 1. The maximum absolute atomic E-state index is 14.3. The van der Waals surface area contributed by atoms with Crippen LogP contribution in [0.15, 0.2) is 40.8 Å². The second kappa shape index (κ2) is 5.48. The Morgan fingerprint density at radius 1 is 1.32 bits per heavy atom. The number of hydrogen-bond donors (Lipinski definition) is 2. The van der Waals surface area contributed by atoms with Gasteiger partial charge in [0.25, 0.3) is 6.01 Å². The van der Waals surface area contributed by atoms with Gasteiger partial charge in [-0.3, -0.25) is 4.79 Å². The Morgan fingerprint density at radius 3 is 2.82 bits per heavy atom. The fourth-order valence-corrected chi connectivity index (χ4v) is 2.15. The Morgan fingerprint density at radius 2 is 2.09 bits per heavy atom. The number of ketones is 1. The highest BCUT2D eigenvalue weighted by atomic mass is 19.1. The molecule has 2 aromatic carbocycles. The van der Waals surface area contributed by atoms with Crippen molar-refractivity contribution in [3.63, 3.8) is 0 Å². The molecular formula is C16H13FN2O3. The number of aromatic hydroxyl groups is 1. The van der Waals surface area contributed by atoms with E-state index in [4.69, 9.17) is 4.42 Å². The SMILES string of the molecule is CC(=O)Cc1ccc2nc(Nc3ccccc3O)oc2c1F. The minimum Gasteiger partial charge on any atom is -0.506 e. The molecule has 0 atom stereocenters. The van der Waals surface area contributed by atoms with E-state index >= 15 is 0 Å². The molecule has 0 aliphatic heterocycles. The van der Waals surface area contributed by atoms with Crippen LogP contribution in [0.2, 0.25) is 0 Å². The molecule has 0 radical (unpaired) electrons. The van der Waals surface area contributed by atoms with Crippen molar-refractivity contribution in [3.8, 4) is 5.75 Å². The van der Waals surface area contributed by atoms with Gasteiger partial charge in [-0.05, 0) is 30.7 Å². The van der Waals surface area contributed by atoms with E-state index < -0.39 is 5.82 Å². The number of hydrogen-bond acceptors (Lipinski definition) is 5. The van der Waals surface area contributed by atoms with E-state index in [9.17, 15) is 14.3 Å². The quantitative estimate of drug-likeness (QED) is 0.721. The Hall–Kier alpha value is -2.89. The van der Waals surface area contributed by atoms with Crippen molar-refractivity contribution >= 4 is 28.6 Å². The van der Waals surface area contributed by atoms with Crippen molar-refractivity contribution in [2.24, 2.45) is 0 Å². The van der Waals surface area contributed by atoms with Gasteiger partial charge < -0.3 is 14.8 Å². The molecule has 0 aliphatic rings. The van der Waals surface area contributed by atoms with Crippen molar-refractivity contribution in [2.75, 3.05) is 5.32 Å². The van der Waals surface area contributed by atoms with Gasteiger partial charge in [0.05, 0.1) is 5.69 Å². The summed E-state index contributed by atoms with van der Waals surface area (Å²) in [7, 11) is 0. The van der Waals surface area contributed by atoms with E-state index in [0.717, 1.165) is 0 Å². The van der Waals surface area contributed by atoms with Gasteiger partial charge >= 0.3 is 0 Å². The molecule has 3 rings (SSSR count). The number of para-hydroxylation sites is 2. The molecule has 0 amide bonds. The molecule has 112 valence electrons. The van der Waals surface area contributed by atoms with Crippen molar-refractivity contribution in [1.29, 1.82) is 0 Å². The predicted octanol–water partition coefficient (Wildman–Crippen LogP) is 3.55. The smallest absolute Gasteiger partial charge is 0.300 e. The summed E-state index contributed by atoms with van der Waals surface area (Å²) in [5.74, 6) is -0.696. The Kier molecular flexibility index (Phi) is 3.50. The van der Waals surface area contributed by atoms with Crippen LogP contribution in [-0.2, 0) is 11.2 Å². The summed E-state index contributed by atoms with van der Waals surface area (Å²) >= 11 is 0. The lowest BCUT2D eigenvalue weighted by Gasteiger charge is -2.03. The van der Waals surface area contributed by atoms with E-state index in [1.54, 1.807) is 24.3 Å². The first-order valence-corrected chi connectivity index (χ1v) is 6.67. The summed E-state index contributed by atoms with van der Waals surface area (Å²) in [6, 6.07) is 9.74. The van der Waals surface area contributed by atoms with Crippen LogP contribution in [0.5, 0.6) is 5.75 Å². The van der Waals surface area contributed by atoms with Gasteiger partial charge in [-0.15, -0.1) is 0 Å². The van der Waals surface area contributed by atoms with E-state index in [1.165, 1.54) is 19.1 Å². The third-order valence-electron chi connectivity index (χ3n) is 3.16. The first kappa shape index (κ1) is 14.1. The van der Waals surface area contributed by atoms with E-state index in [0.29, 0.717) is 11.2 Å². The molecule has 5 nitrogen and oxygen atoms in total. The molecule has 1 aromatic heterocycles. The van der Waals surface area contributed by atoms with Gasteiger partial charge in [0.1, 0.15) is 17.0 Å². The van der Waals surface area contributed by atoms with Gasteiger partial charge in [0, 0.05) is 6.42 Å². The topological polar surface area (TPSA) is 75.4 Å². The molecule has 0 bridgehead atoms. The lowest BCUT2D eigenvalue weighted by molar-refractivity contribution is -0.116. The first-order chi connectivity index (χ1) is 10.5. The number of rotatable bonds is 4. The van der Waals surface area contributed by atoms with Crippen LogP contribution >= 0.6 is 0 Å². The summed E-state index contributed by atoms with van der Waals surface area (Å²) in [6.45, 7) is 1.40. The Balaban J connectivity index is 1.98. The summed E-state index contributed by atoms with van der Waals surface area (Å²) in [6.07, 6.45) is 0.00467. The van der Waals surface area contributed by atoms with Crippen molar-refractivity contribution in [3.05, 3.63) is 47.8 Å². The lowest BCUT2D eigenvalue weighted by atomic mass is 10.1. The summed E-state index contributed by atoms with van der Waals surface area (Å²) in [5, 5.41) is 12.5. The molecule has 0 fully saturated rings. The third-order valence-corrected chi connectivity index (χ3v) is 3.16. The molecule has 22 heavy (non-hydrogen) atoms. The van der Waals surface area contributed by atoms with E-state index in [2.05, 4.69) is 10.3 Å². The minimum atomic E-state index is -0.592. The monoisotopic (exact) mass is 300 g/mol. The number of Topliss-reactive ketones (excluding diaryl/α,β-unsaturated/α-hetero) is 1. The molecule has 3 aromatic rings. The summed E-state index contributed by atoms with van der Waals surface area (Å²) in [5.41, 5.74) is 0.989. The largest absolute Gasteiger partial charge is 0.506 e. The number of oxazole rings is 1.